The molecule has 0 aromatic heterocycles. The summed E-state index contributed by atoms with van der Waals surface area (Å²) >= 11 is 0. The summed E-state index contributed by atoms with van der Waals surface area (Å²) < 4.78 is 0. The molecule has 14 heavy (non-hydrogen) atoms. The van der Waals surface area contributed by atoms with Gasteiger partial charge < -0.3 is 15.5 Å². The summed E-state index contributed by atoms with van der Waals surface area (Å²) in [4.78, 5) is 22.0. The van der Waals surface area contributed by atoms with E-state index < -0.39 is 12.0 Å². The van der Waals surface area contributed by atoms with E-state index >= 15 is 0 Å². The van der Waals surface area contributed by atoms with Gasteiger partial charge in [0.25, 0.3) is 0 Å². The number of carboxylic acids is 1. The van der Waals surface area contributed by atoms with E-state index in [9.17, 15) is 9.59 Å². The molecule has 1 fully saturated rings. The van der Waals surface area contributed by atoms with Crippen molar-refractivity contribution < 1.29 is 19.8 Å². The van der Waals surface area contributed by atoms with Crippen molar-refractivity contribution in [2.24, 2.45) is 5.92 Å². The second kappa shape index (κ2) is 4.95. The molecular weight excluding hydrogens is 186 g/mol. The summed E-state index contributed by atoms with van der Waals surface area (Å²) in [6.45, 7) is -0.234. The topological polar surface area (TPSA) is 86.6 Å². The SMILES string of the molecule is O=C(N[C@@H](CCO)C(=O)O)C1CCC1. The lowest BCUT2D eigenvalue weighted by molar-refractivity contribution is -0.143. The first-order valence-corrected chi connectivity index (χ1v) is 4.79. The highest BCUT2D eigenvalue weighted by atomic mass is 16.4. The average molecular weight is 201 g/mol. The Balaban J connectivity index is 2.37. The zero-order valence-electron chi connectivity index (χ0n) is 7.90. The lowest BCUT2D eigenvalue weighted by Gasteiger charge is -2.25. The van der Waals surface area contributed by atoms with Crippen LogP contribution in [0.2, 0.25) is 0 Å². The first kappa shape index (κ1) is 11.0. The third-order valence-electron chi connectivity index (χ3n) is 2.51. The molecule has 0 aromatic rings. The zero-order valence-corrected chi connectivity index (χ0v) is 7.90. The summed E-state index contributed by atoms with van der Waals surface area (Å²) in [5.74, 6) is -1.31. The molecule has 1 aliphatic rings. The van der Waals surface area contributed by atoms with Gasteiger partial charge in [-0.2, -0.15) is 0 Å². The van der Waals surface area contributed by atoms with E-state index in [0.29, 0.717) is 0 Å². The van der Waals surface area contributed by atoms with Crippen molar-refractivity contribution in [3.63, 3.8) is 0 Å². The zero-order chi connectivity index (χ0) is 10.6. The molecule has 1 atom stereocenters. The van der Waals surface area contributed by atoms with E-state index in [-0.39, 0.29) is 24.9 Å². The Kier molecular flexibility index (Phi) is 3.88. The molecular formula is C9H15NO4. The molecule has 0 bridgehead atoms. The summed E-state index contributed by atoms with van der Waals surface area (Å²) in [7, 11) is 0. The van der Waals surface area contributed by atoms with Gasteiger partial charge in [0, 0.05) is 18.9 Å². The lowest BCUT2D eigenvalue weighted by Crippen LogP contribution is -2.45. The van der Waals surface area contributed by atoms with Gasteiger partial charge in [-0.3, -0.25) is 4.79 Å². The Morgan fingerprint density at radius 2 is 2.07 bits per heavy atom. The third kappa shape index (κ3) is 2.70. The predicted molar refractivity (Wildman–Crippen MR) is 48.6 cm³/mol. The van der Waals surface area contributed by atoms with Crippen LogP contribution >= 0.6 is 0 Å². The Morgan fingerprint density at radius 3 is 2.43 bits per heavy atom. The van der Waals surface area contributed by atoms with Gasteiger partial charge in [-0.1, -0.05) is 6.42 Å². The van der Waals surface area contributed by atoms with Crippen molar-refractivity contribution >= 4 is 11.9 Å². The quantitative estimate of drug-likeness (QED) is 0.572. The Morgan fingerprint density at radius 1 is 1.43 bits per heavy atom. The van der Waals surface area contributed by atoms with Gasteiger partial charge in [-0.15, -0.1) is 0 Å². The van der Waals surface area contributed by atoms with Crippen LogP contribution in [0.25, 0.3) is 0 Å². The molecule has 5 heteroatoms. The number of rotatable bonds is 5. The van der Waals surface area contributed by atoms with Crippen molar-refractivity contribution in [1.82, 2.24) is 5.32 Å². The molecule has 0 heterocycles. The van der Waals surface area contributed by atoms with Crippen LogP contribution in [0.15, 0.2) is 0 Å². The van der Waals surface area contributed by atoms with Crippen LogP contribution in [0, 0.1) is 5.92 Å². The molecule has 0 spiro atoms. The fraction of sp³-hybridized carbons (Fsp3) is 0.778. The van der Waals surface area contributed by atoms with Crippen LogP contribution in [-0.4, -0.2) is 34.7 Å². The molecule has 0 radical (unpaired) electrons. The largest absolute Gasteiger partial charge is 0.480 e. The number of aliphatic hydroxyl groups is 1. The molecule has 5 nitrogen and oxygen atoms in total. The molecule has 80 valence electrons. The first-order chi connectivity index (χ1) is 6.65. The minimum Gasteiger partial charge on any atom is -0.480 e. The van der Waals surface area contributed by atoms with Crippen molar-refractivity contribution in [1.29, 1.82) is 0 Å². The van der Waals surface area contributed by atoms with Gasteiger partial charge in [0.2, 0.25) is 5.91 Å². The highest BCUT2D eigenvalue weighted by Gasteiger charge is 2.28. The number of carboxylic acid groups (broad SMARTS) is 1. The maximum Gasteiger partial charge on any atom is 0.326 e. The lowest BCUT2D eigenvalue weighted by atomic mass is 9.84. The van der Waals surface area contributed by atoms with Crippen LogP contribution in [-0.2, 0) is 9.59 Å². The summed E-state index contributed by atoms with van der Waals surface area (Å²) in [6.07, 6.45) is 2.79. The Bertz CT molecular complexity index is 225. The monoisotopic (exact) mass is 201 g/mol. The molecule has 1 aliphatic carbocycles. The maximum absolute atomic E-state index is 11.4. The minimum atomic E-state index is -1.09. The number of aliphatic carboxylic acids is 1. The second-order valence-corrected chi connectivity index (χ2v) is 3.54. The minimum absolute atomic E-state index is 0.0180. The first-order valence-electron chi connectivity index (χ1n) is 4.79. The van der Waals surface area contributed by atoms with Gasteiger partial charge in [-0.25, -0.2) is 4.79 Å². The van der Waals surface area contributed by atoms with Gasteiger partial charge in [0.05, 0.1) is 0 Å². The van der Waals surface area contributed by atoms with Gasteiger partial charge >= 0.3 is 5.97 Å². The molecule has 1 saturated carbocycles. The van der Waals surface area contributed by atoms with E-state index in [0.717, 1.165) is 19.3 Å². The number of nitrogens with one attached hydrogen (secondary N) is 1. The van der Waals surface area contributed by atoms with Crippen LogP contribution in [0.3, 0.4) is 0 Å². The number of hydrogen-bond acceptors (Lipinski definition) is 3. The number of amides is 1. The number of carbonyl (C=O) groups is 2. The third-order valence-corrected chi connectivity index (χ3v) is 2.51. The van der Waals surface area contributed by atoms with E-state index in [1.165, 1.54) is 0 Å². The summed E-state index contributed by atoms with van der Waals surface area (Å²) in [5, 5.41) is 19.7. The molecule has 0 aromatic carbocycles. The number of aliphatic hydroxyl groups excluding tert-OH is 1. The van der Waals surface area contributed by atoms with Crippen LogP contribution in [0.1, 0.15) is 25.7 Å². The molecule has 3 N–H and O–H groups in total. The van der Waals surface area contributed by atoms with Crippen LogP contribution in [0.5, 0.6) is 0 Å². The van der Waals surface area contributed by atoms with Crippen molar-refractivity contribution in [3.05, 3.63) is 0 Å². The highest BCUT2D eigenvalue weighted by Crippen LogP contribution is 2.26. The summed E-state index contributed by atoms with van der Waals surface area (Å²) in [6, 6.07) is -0.951. The fourth-order valence-corrected chi connectivity index (χ4v) is 1.35. The van der Waals surface area contributed by atoms with E-state index in [4.69, 9.17) is 10.2 Å². The van der Waals surface area contributed by atoms with Crippen molar-refractivity contribution in [2.75, 3.05) is 6.61 Å². The number of carbonyl (C=O) groups excluding carboxylic acids is 1. The average Bonchev–Trinajstić information content (AvgIpc) is 1.99. The second-order valence-electron chi connectivity index (χ2n) is 3.54. The Hall–Kier alpha value is -1.10. The summed E-state index contributed by atoms with van der Waals surface area (Å²) in [5.41, 5.74) is 0. The molecule has 0 aliphatic heterocycles. The molecule has 1 amide bonds. The van der Waals surface area contributed by atoms with E-state index in [1.54, 1.807) is 0 Å². The van der Waals surface area contributed by atoms with E-state index in [1.807, 2.05) is 0 Å². The van der Waals surface area contributed by atoms with Gasteiger partial charge in [-0.05, 0) is 12.8 Å². The normalized spacial score (nSPS) is 18.4. The maximum atomic E-state index is 11.4. The van der Waals surface area contributed by atoms with Crippen LogP contribution in [0.4, 0.5) is 0 Å². The molecule has 0 saturated heterocycles. The van der Waals surface area contributed by atoms with Crippen LogP contribution < -0.4 is 5.32 Å². The Labute approximate surface area is 82.1 Å². The number of hydrogen-bond donors (Lipinski definition) is 3. The smallest absolute Gasteiger partial charge is 0.326 e. The molecule has 1 rings (SSSR count). The highest BCUT2D eigenvalue weighted by molar-refractivity contribution is 5.85. The van der Waals surface area contributed by atoms with Crippen molar-refractivity contribution in [2.45, 2.75) is 31.7 Å². The predicted octanol–water partition coefficient (Wildman–Crippen LogP) is -0.262. The van der Waals surface area contributed by atoms with Crippen molar-refractivity contribution in [3.8, 4) is 0 Å². The van der Waals surface area contributed by atoms with E-state index in [2.05, 4.69) is 5.32 Å². The molecule has 0 unspecified atom stereocenters. The fourth-order valence-electron chi connectivity index (χ4n) is 1.35. The van der Waals surface area contributed by atoms with Gasteiger partial charge in [0.15, 0.2) is 0 Å². The standard InChI is InChI=1S/C9H15NO4/c11-5-4-7(9(13)14)10-8(12)6-2-1-3-6/h6-7,11H,1-5H2,(H,10,12)(H,13,14)/t7-/m0/s1. The van der Waals surface area contributed by atoms with Gasteiger partial charge in [0.1, 0.15) is 6.04 Å².